The first-order valence-corrected chi connectivity index (χ1v) is 7.35. The topological polar surface area (TPSA) is 79.6 Å². The van der Waals surface area contributed by atoms with Gasteiger partial charge in [0.05, 0.1) is 24.5 Å². The first kappa shape index (κ1) is 16.0. The van der Waals surface area contributed by atoms with Crippen LogP contribution in [0.5, 0.6) is 0 Å². The molecule has 0 saturated carbocycles. The number of halogens is 1. The number of ether oxygens (including phenoxy) is 1. The molecule has 0 radical (unpaired) electrons. The first-order valence-electron chi connectivity index (χ1n) is 6.97. The van der Waals surface area contributed by atoms with Crippen molar-refractivity contribution in [2.45, 2.75) is 13.0 Å². The quantitative estimate of drug-likeness (QED) is 0.560. The van der Waals surface area contributed by atoms with Gasteiger partial charge < -0.3 is 15.5 Å². The molecule has 1 amide bonds. The van der Waals surface area contributed by atoms with E-state index in [4.69, 9.17) is 22.2 Å². The molecule has 21 heavy (non-hydrogen) atoms. The predicted molar refractivity (Wildman–Crippen MR) is 83.4 cm³/mol. The number of hydrogen-bond acceptors (Lipinski definition) is 5. The van der Waals surface area contributed by atoms with Crippen molar-refractivity contribution in [2.24, 2.45) is 5.84 Å². The van der Waals surface area contributed by atoms with E-state index in [2.05, 4.69) is 15.6 Å². The molecule has 0 bridgehead atoms. The number of nitrogens with zero attached hydrogens (tertiary/aromatic N) is 1. The lowest BCUT2D eigenvalue weighted by Gasteiger charge is -2.29. The second-order valence-corrected chi connectivity index (χ2v) is 5.56. The lowest BCUT2D eigenvalue weighted by atomic mass is 10.1. The van der Waals surface area contributed by atoms with Crippen molar-refractivity contribution in [2.75, 3.05) is 38.3 Å². The molecule has 4 N–H and O–H groups in total. The molecule has 7 heteroatoms. The summed E-state index contributed by atoms with van der Waals surface area (Å²) in [6, 6.07) is 5.00. The number of amides is 1. The van der Waals surface area contributed by atoms with Crippen molar-refractivity contribution in [3.8, 4) is 0 Å². The van der Waals surface area contributed by atoms with Crippen LogP contribution in [-0.2, 0) is 4.74 Å². The molecular formula is C14H21ClN4O2. The van der Waals surface area contributed by atoms with E-state index in [0.29, 0.717) is 16.3 Å². The number of benzene rings is 1. The number of hydrazine groups is 1. The highest BCUT2D eigenvalue weighted by molar-refractivity contribution is 6.31. The van der Waals surface area contributed by atoms with Gasteiger partial charge in [-0.25, -0.2) is 0 Å². The summed E-state index contributed by atoms with van der Waals surface area (Å²) in [4.78, 5) is 14.6. The van der Waals surface area contributed by atoms with Crippen molar-refractivity contribution in [1.29, 1.82) is 0 Å². The Morgan fingerprint density at radius 1 is 1.48 bits per heavy atom. The number of nitrogens with two attached hydrogens (primary N) is 1. The zero-order valence-electron chi connectivity index (χ0n) is 12.1. The highest BCUT2D eigenvalue weighted by Crippen LogP contribution is 2.19. The van der Waals surface area contributed by atoms with E-state index in [-0.39, 0.29) is 11.9 Å². The van der Waals surface area contributed by atoms with Crippen molar-refractivity contribution in [3.63, 3.8) is 0 Å². The molecule has 1 fully saturated rings. The molecule has 6 nitrogen and oxygen atoms in total. The molecule has 1 aliphatic rings. The SMILES string of the molecule is CC(CN1CCOCC1)NC(=O)c1cc(Cl)ccc1NN. The highest BCUT2D eigenvalue weighted by atomic mass is 35.5. The lowest BCUT2D eigenvalue weighted by Crippen LogP contribution is -2.46. The Morgan fingerprint density at radius 2 is 2.19 bits per heavy atom. The van der Waals surface area contributed by atoms with E-state index < -0.39 is 0 Å². The average molecular weight is 313 g/mol. The van der Waals surface area contributed by atoms with Gasteiger partial charge in [0.1, 0.15) is 0 Å². The second-order valence-electron chi connectivity index (χ2n) is 5.12. The first-order chi connectivity index (χ1) is 10.1. The van der Waals surface area contributed by atoms with E-state index in [1.54, 1.807) is 18.2 Å². The minimum absolute atomic E-state index is 0.0280. The fourth-order valence-electron chi connectivity index (χ4n) is 2.35. The summed E-state index contributed by atoms with van der Waals surface area (Å²) in [5.41, 5.74) is 3.51. The fourth-order valence-corrected chi connectivity index (χ4v) is 2.52. The van der Waals surface area contributed by atoms with E-state index in [1.807, 2.05) is 6.92 Å². The van der Waals surface area contributed by atoms with Gasteiger partial charge in [-0.15, -0.1) is 0 Å². The molecule has 0 spiro atoms. The van der Waals surface area contributed by atoms with Gasteiger partial charge in [0, 0.05) is 30.7 Å². The largest absolute Gasteiger partial charge is 0.379 e. The molecular weight excluding hydrogens is 292 g/mol. The summed E-state index contributed by atoms with van der Waals surface area (Å²) in [5.74, 6) is 5.23. The Balaban J connectivity index is 1.95. The Labute approximate surface area is 129 Å². The number of carbonyl (C=O) groups excluding carboxylic acids is 1. The van der Waals surface area contributed by atoms with Crippen molar-refractivity contribution in [1.82, 2.24) is 10.2 Å². The molecule has 0 aromatic heterocycles. The monoisotopic (exact) mass is 312 g/mol. The molecule has 1 aromatic carbocycles. The van der Waals surface area contributed by atoms with Crippen LogP contribution >= 0.6 is 11.6 Å². The van der Waals surface area contributed by atoms with Gasteiger partial charge >= 0.3 is 0 Å². The third kappa shape index (κ3) is 4.57. The van der Waals surface area contributed by atoms with Crippen molar-refractivity contribution >= 4 is 23.2 Å². The Morgan fingerprint density at radius 3 is 2.86 bits per heavy atom. The number of rotatable bonds is 5. The van der Waals surface area contributed by atoms with Crippen LogP contribution in [0, 0.1) is 0 Å². The van der Waals surface area contributed by atoms with Gasteiger partial charge in [0.25, 0.3) is 5.91 Å². The van der Waals surface area contributed by atoms with Crippen LogP contribution in [0.15, 0.2) is 18.2 Å². The number of morpholine rings is 1. The van der Waals surface area contributed by atoms with Crippen LogP contribution in [0.1, 0.15) is 17.3 Å². The molecule has 0 aliphatic carbocycles. The smallest absolute Gasteiger partial charge is 0.253 e. The maximum Gasteiger partial charge on any atom is 0.253 e. The fraction of sp³-hybridized carbons (Fsp3) is 0.500. The van der Waals surface area contributed by atoms with Crippen LogP contribution in [0.25, 0.3) is 0 Å². The van der Waals surface area contributed by atoms with Gasteiger partial charge in [-0.1, -0.05) is 11.6 Å². The Hall–Kier alpha value is -1.34. The highest BCUT2D eigenvalue weighted by Gasteiger charge is 2.17. The maximum atomic E-state index is 12.3. The standard InChI is InChI=1S/C14H21ClN4O2/c1-10(9-19-4-6-21-7-5-19)17-14(20)12-8-11(15)2-3-13(12)18-16/h2-3,8,10,18H,4-7,9,16H2,1H3,(H,17,20). The van der Waals surface area contributed by atoms with Gasteiger partial charge in [-0.05, 0) is 25.1 Å². The summed E-state index contributed by atoms with van der Waals surface area (Å²) in [5, 5.41) is 3.47. The Kier molecular flexibility index (Phi) is 5.81. The van der Waals surface area contributed by atoms with E-state index >= 15 is 0 Å². The number of nitrogen functional groups attached to an aromatic ring is 1. The zero-order chi connectivity index (χ0) is 15.2. The molecule has 1 aliphatic heterocycles. The van der Waals surface area contributed by atoms with Gasteiger partial charge in [-0.2, -0.15) is 0 Å². The minimum Gasteiger partial charge on any atom is -0.379 e. The molecule has 1 heterocycles. The van der Waals surface area contributed by atoms with Crippen molar-refractivity contribution in [3.05, 3.63) is 28.8 Å². The summed E-state index contributed by atoms with van der Waals surface area (Å²) in [6.45, 7) is 6.06. The number of carbonyl (C=O) groups is 1. The number of nitrogens with one attached hydrogen (secondary N) is 2. The number of hydrogen-bond donors (Lipinski definition) is 3. The van der Waals surface area contributed by atoms with E-state index in [0.717, 1.165) is 32.8 Å². The maximum absolute atomic E-state index is 12.3. The normalized spacial score (nSPS) is 17.3. The van der Waals surface area contributed by atoms with Crippen LogP contribution in [0.3, 0.4) is 0 Å². The molecule has 1 unspecified atom stereocenters. The lowest BCUT2D eigenvalue weighted by molar-refractivity contribution is 0.0342. The van der Waals surface area contributed by atoms with Crippen LogP contribution in [-0.4, -0.2) is 49.7 Å². The molecule has 2 rings (SSSR count). The van der Waals surface area contributed by atoms with E-state index in [1.165, 1.54) is 0 Å². The number of anilines is 1. The van der Waals surface area contributed by atoms with Crippen LogP contribution in [0.4, 0.5) is 5.69 Å². The van der Waals surface area contributed by atoms with E-state index in [9.17, 15) is 4.79 Å². The second kappa shape index (κ2) is 7.61. The summed E-state index contributed by atoms with van der Waals surface area (Å²) < 4.78 is 5.31. The summed E-state index contributed by atoms with van der Waals surface area (Å²) in [7, 11) is 0. The van der Waals surface area contributed by atoms with Gasteiger partial charge in [-0.3, -0.25) is 15.5 Å². The summed E-state index contributed by atoms with van der Waals surface area (Å²) in [6.07, 6.45) is 0. The molecule has 1 aromatic rings. The average Bonchev–Trinajstić information content (AvgIpc) is 2.48. The van der Waals surface area contributed by atoms with Gasteiger partial charge in [0.15, 0.2) is 0 Å². The molecule has 116 valence electrons. The third-order valence-corrected chi connectivity index (χ3v) is 3.63. The molecule has 1 atom stereocenters. The summed E-state index contributed by atoms with van der Waals surface area (Å²) >= 11 is 5.94. The van der Waals surface area contributed by atoms with Crippen LogP contribution in [0.2, 0.25) is 5.02 Å². The minimum atomic E-state index is -0.189. The van der Waals surface area contributed by atoms with Crippen LogP contribution < -0.4 is 16.6 Å². The zero-order valence-corrected chi connectivity index (χ0v) is 12.8. The van der Waals surface area contributed by atoms with Gasteiger partial charge in [0.2, 0.25) is 0 Å². The third-order valence-electron chi connectivity index (χ3n) is 3.40. The predicted octanol–water partition coefficient (Wildman–Crippen LogP) is 1.08. The Bertz CT molecular complexity index is 492. The van der Waals surface area contributed by atoms with Crippen molar-refractivity contribution < 1.29 is 9.53 Å². The molecule has 1 saturated heterocycles.